The number of rotatable bonds is 7. The smallest absolute Gasteiger partial charge is 0.140 e. The summed E-state index contributed by atoms with van der Waals surface area (Å²) >= 11 is 2.21. The molecule has 21 heavy (non-hydrogen) atoms. The quantitative estimate of drug-likeness (QED) is 0.554. The van der Waals surface area contributed by atoms with Crippen molar-refractivity contribution in [3.8, 4) is 5.75 Å². The molecule has 5 nitrogen and oxygen atoms in total. The maximum Gasteiger partial charge on any atom is 0.140 e. The largest absolute Gasteiger partial charge is 0.497 e. The van der Waals surface area contributed by atoms with Crippen molar-refractivity contribution in [2.24, 2.45) is 0 Å². The van der Waals surface area contributed by atoms with Crippen molar-refractivity contribution in [1.82, 2.24) is 9.97 Å². The molecule has 0 unspecified atom stereocenters. The van der Waals surface area contributed by atoms with Gasteiger partial charge in [0.15, 0.2) is 0 Å². The van der Waals surface area contributed by atoms with E-state index in [4.69, 9.17) is 4.74 Å². The first-order chi connectivity index (χ1) is 10.2. The fraction of sp³-hybridized carbons (Fsp3) is 0.333. The SMILES string of the molecule is COc1ccc(CCNc2cc(CO)nc(CI)n2)cc1. The molecule has 0 atom stereocenters. The van der Waals surface area contributed by atoms with Crippen LogP contribution in [0.4, 0.5) is 5.82 Å². The molecule has 2 rings (SSSR count). The van der Waals surface area contributed by atoms with E-state index in [1.165, 1.54) is 5.56 Å². The second kappa shape index (κ2) is 8.14. The van der Waals surface area contributed by atoms with Gasteiger partial charge in [-0.2, -0.15) is 0 Å². The first kappa shape index (κ1) is 16.0. The number of methoxy groups -OCH3 is 1. The van der Waals surface area contributed by atoms with Crippen LogP contribution >= 0.6 is 22.6 Å². The Kier molecular flexibility index (Phi) is 6.19. The molecule has 0 saturated heterocycles. The van der Waals surface area contributed by atoms with Crippen molar-refractivity contribution >= 4 is 28.4 Å². The summed E-state index contributed by atoms with van der Waals surface area (Å²) in [5.74, 6) is 2.35. The van der Waals surface area contributed by atoms with E-state index in [0.29, 0.717) is 5.69 Å². The van der Waals surface area contributed by atoms with E-state index in [1.807, 2.05) is 12.1 Å². The van der Waals surface area contributed by atoms with Crippen LogP contribution in [0.2, 0.25) is 0 Å². The Hall–Kier alpha value is -1.41. The third-order valence-electron chi connectivity index (χ3n) is 2.99. The molecule has 2 aromatic rings. The number of nitrogens with zero attached hydrogens (tertiary/aromatic N) is 2. The number of nitrogens with one attached hydrogen (secondary N) is 1. The molecule has 0 bridgehead atoms. The van der Waals surface area contributed by atoms with E-state index in [-0.39, 0.29) is 6.61 Å². The molecule has 2 N–H and O–H groups in total. The third-order valence-corrected chi connectivity index (χ3v) is 3.67. The van der Waals surface area contributed by atoms with Crippen molar-refractivity contribution < 1.29 is 9.84 Å². The number of benzene rings is 1. The number of hydrogen-bond acceptors (Lipinski definition) is 5. The zero-order valence-electron chi connectivity index (χ0n) is 11.8. The lowest BCUT2D eigenvalue weighted by molar-refractivity contribution is 0.276. The van der Waals surface area contributed by atoms with Crippen LogP contribution in [0.5, 0.6) is 5.75 Å². The van der Waals surface area contributed by atoms with Crippen molar-refractivity contribution in [3.63, 3.8) is 0 Å². The zero-order chi connectivity index (χ0) is 15.1. The van der Waals surface area contributed by atoms with Crippen LogP contribution in [0.3, 0.4) is 0 Å². The Morgan fingerprint density at radius 1 is 1.24 bits per heavy atom. The molecule has 0 spiro atoms. The molecule has 6 heteroatoms. The molecule has 0 amide bonds. The minimum Gasteiger partial charge on any atom is -0.497 e. The summed E-state index contributed by atoms with van der Waals surface area (Å²) in [5, 5.41) is 12.5. The molecular formula is C15H18IN3O2. The minimum atomic E-state index is -0.0701. The lowest BCUT2D eigenvalue weighted by atomic mass is 10.1. The lowest BCUT2D eigenvalue weighted by Crippen LogP contribution is -2.09. The number of aromatic nitrogens is 2. The Labute approximate surface area is 137 Å². The summed E-state index contributed by atoms with van der Waals surface area (Å²) in [6, 6.07) is 9.80. The summed E-state index contributed by atoms with van der Waals surface area (Å²) in [7, 11) is 1.66. The van der Waals surface area contributed by atoms with Gasteiger partial charge in [-0.05, 0) is 24.1 Å². The van der Waals surface area contributed by atoms with Gasteiger partial charge in [0.2, 0.25) is 0 Å². The van der Waals surface area contributed by atoms with Gasteiger partial charge >= 0.3 is 0 Å². The third kappa shape index (κ3) is 4.82. The van der Waals surface area contributed by atoms with Gasteiger partial charge in [-0.15, -0.1) is 0 Å². The fourth-order valence-electron chi connectivity index (χ4n) is 1.91. The Morgan fingerprint density at radius 2 is 2.00 bits per heavy atom. The highest BCUT2D eigenvalue weighted by molar-refractivity contribution is 14.1. The molecule has 0 aliphatic rings. The molecule has 1 aromatic carbocycles. The number of ether oxygens (including phenoxy) is 1. The summed E-state index contributed by atoms with van der Waals surface area (Å²) in [6.45, 7) is 0.703. The van der Waals surface area contributed by atoms with Crippen LogP contribution in [0.1, 0.15) is 17.1 Å². The number of aliphatic hydroxyl groups excluding tert-OH is 1. The van der Waals surface area contributed by atoms with Crippen molar-refractivity contribution in [2.45, 2.75) is 17.5 Å². The second-order valence-corrected chi connectivity index (χ2v) is 5.24. The Bertz CT molecular complexity index is 553. The molecule has 0 saturated carbocycles. The van der Waals surface area contributed by atoms with E-state index in [1.54, 1.807) is 13.2 Å². The molecule has 0 aliphatic heterocycles. The summed E-state index contributed by atoms with van der Waals surface area (Å²) in [5.41, 5.74) is 1.87. The number of alkyl halides is 1. The van der Waals surface area contributed by atoms with E-state index in [2.05, 4.69) is 50.0 Å². The highest BCUT2D eigenvalue weighted by atomic mass is 127. The van der Waals surface area contributed by atoms with Crippen LogP contribution in [-0.4, -0.2) is 28.7 Å². The highest BCUT2D eigenvalue weighted by Crippen LogP contribution is 2.13. The van der Waals surface area contributed by atoms with E-state index in [9.17, 15) is 5.11 Å². The summed E-state index contributed by atoms with van der Waals surface area (Å²) < 4.78 is 5.86. The maximum absolute atomic E-state index is 9.20. The normalized spacial score (nSPS) is 10.4. The fourth-order valence-corrected chi connectivity index (χ4v) is 2.25. The first-order valence-corrected chi connectivity index (χ1v) is 8.18. The zero-order valence-corrected chi connectivity index (χ0v) is 14.0. The molecule has 112 valence electrons. The standard InChI is InChI=1S/C15H18IN3O2/c1-21-13-4-2-11(3-5-13)6-7-17-14-8-12(10-20)18-15(9-16)19-14/h2-5,8,20H,6-7,9-10H2,1H3,(H,17,18,19). The van der Waals surface area contributed by atoms with Gasteiger partial charge in [-0.1, -0.05) is 34.7 Å². The van der Waals surface area contributed by atoms with Gasteiger partial charge in [0.1, 0.15) is 17.4 Å². The van der Waals surface area contributed by atoms with Crippen LogP contribution in [0.15, 0.2) is 30.3 Å². The Morgan fingerprint density at radius 3 is 2.62 bits per heavy atom. The van der Waals surface area contributed by atoms with Crippen molar-refractivity contribution in [3.05, 3.63) is 47.4 Å². The monoisotopic (exact) mass is 399 g/mol. The molecule has 0 radical (unpaired) electrons. The average Bonchev–Trinajstić information content (AvgIpc) is 2.55. The predicted octanol–water partition coefficient (Wildman–Crippen LogP) is 2.57. The summed E-state index contributed by atoms with van der Waals surface area (Å²) in [4.78, 5) is 8.63. The van der Waals surface area contributed by atoms with Crippen LogP contribution in [0, 0.1) is 0 Å². The minimum absolute atomic E-state index is 0.0701. The van der Waals surface area contributed by atoms with E-state index in [0.717, 1.165) is 34.8 Å². The molecule has 0 fully saturated rings. The number of aliphatic hydroxyl groups is 1. The average molecular weight is 399 g/mol. The Balaban J connectivity index is 1.93. The number of halogens is 1. The number of hydrogen-bond donors (Lipinski definition) is 2. The van der Waals surface area contributed by atoms with E-state index < -0.39 is 0 Å². The van der Waals surface area contributed by atoms with Gasteiger partial charge in [0, 0.05) is 12.6 Å². The van der Waals surface area contributed by atoms with Gasteiger partial charge in [-0.25, -0.2) is 9.97 Å². The molecule has 1 heterocycles. The first-order valence-electron chi connectivity index (χ1n) is 6.65. The van der Waals surface area contributed by atoms with Crippen LogP contribution < -0.4 is 10.1 Å². The maximum atomic E-state index is 9.20. The van der Waals surface area contributed by atoms with Gasteiger partial charge in [0.25, 0.3) is 0 Å². The molecule has 1 aromatic heterocycles. The summed E-state index contributed by atoms with van der Waals surface area (Å²) in [6.07, 6.45) is 0.891. The second-order valence-electron chi connectivity index (χ2n) is 4.48. The van der Waals surface area contributed by atoms with Gasteiger partial charge in [0.05, 0.1) is 23.8 Å². The highest BCUT2D eigenvalue weighted by Gasteiger charge is 2.03. The topological polar surface area (TPSA) is 67.3 Å². The van der Waals surface area contributed by atoms with Crippen molar-refractivity contribution in [2.75, 3.05) is 19.0 Å². The van der Waals surface area contributed by atoms with E-state index >= 15 is 0 Å². The van der Waals surface area contributed by atoms with Crippen LogP contribution in [-0.2, 0) is 17.5 Å². The molecular weight excluding hydrogens is 381 g/mol. The van der Waals surface area contributed by atoms with Gasteiger partial charge in [-0.3, -0.25) is 0 Å². The number of anilines is 1. The van der Waals surface area contributed by atoms with Crippen molar-refractivity contribution in [1.29, 1.82) is 0 Å². The molecule has 0 aliphatic carbocycles. The lowest BCUT2D eigenvalue weighted by Gasteiger charge is -2.08. The van der Waals surface area contributed by atoms with Gasteiger partial charge < -0.3 is 15.2 Å². The predicted molar refractivity (Wildman–Crippen MR) is 90.9 cm³/mol. The van der Waals surface area contributed by atoms with Crippen LogP contribution in [0.25, 0.3) is 0 Å².